The van der Waals surface area contributed by atoms with Gasteiger partial charge in [0.15, 0.2) is 5.78 Å². The lowest BCUT2D eigenvalue weighted by Crippen LogP contribution is -2.15. The number of carbonyl (C=O) groups excluding carboxylic acids is 1. The van der Waals surface area contributed by atoms with Gasteiger partial charge in [-0.05, 0) is 36.5 Å². The van der Waals surface area contributed by atoms with E-state index in [1.807, 2.05) is 6.07 Å². The van der Waals surface area contributed by atoms with Gasteiger partial charge in [0.2, 0.25) is 0 Å². The highest BCUT2D eigenvalue weighted by molar-refractivity contribution is 6.19. The molecule has 0 aromatic heterocycles. The summed E-state index contributed by atoms with van der Waals surface area (Å²) in [5, 5.41) is 0. The molecule has 16 heavy (non-hydrogen) atoms. The fraction of sp³-hybridized carbons (Fsp3) is 0.286. The molecule has 3 rings (SSSR count). The van der Waals surface area contributed by atoms with Gasteiger partial charge in [0.25, 0.3) is 0 Å². The van der Waals surface area contributed by atoms with Gasteiger partial charge in [-0.3, -0.25) is 9.79 Å². The van der Waals surface area contributed by atoms with Crippen molar-refractivity contribution in [3.8, 4) is 0 Å². The van der Waals surface area contributed by atoms with E-state index in [-0.39, 0.29) is 5.78 Å². The molecule has 2 heteroatoms. The third-order valence-corrected chi connectivity index (χ3v) is 3.20. The predicted molar refractivity (Wildman–Crippen MR) is 63.9 cm³/mol. The van der Waals surface area contributed by atoms with E-state index in [0.717, 1.165) is 30.5 Å². The molecule has 0 N–H and O–H groups in total. The van der Waals surface area contributed by atoms with E-state index in [2.05, 4.69) is 23.2 Å². The zero-order chi connectivity index (χ0) is 11.0. The molecule has 1 aromatic rings. The van der Waals surface area contributed by atoms with Crippen molar-refractivity contribution in [1.82, 2.24) is 0 Å². The first-order valence-electron chi connectivity index (χ1n) is 5.71. The molecule has 0 spiro atoms. The molecule has 80 valence electrons. The van der Waals surface area contributed by atoms with Gasteiger partial charge in [-0.1, -0.05) is 24.3 Å². The van der Waals surface area contributed by atoms with Crippen LogP contribution >= 0.6 is 0 Å². The van der Waals surface area contributed by atoms with Gasteiger partial charge < -0.3 is 0 Å². The molecule has 0 fully saturated rings. The molecule has 0 unspecified atom stereocenters. The second-order valence-corrected chi connectivity index (χ2v) is 4.31. The second kappa shape index (κ2) is 3.71. The maximum Gasteiger partial charge on any atom is 0.177 e. The Labute approximate surface area is 94.7 Å². The van der Waals surface area contributed by atoms with Crippen LogP contribution in [0, 0.1) is 0 Å². The number of ketones is 1. The molecule has 1 heterocycles. The molecule has 0 saturated carbocycles. The topological polar surface area (TPSA) is 29.4 Å². The van der Waals surface area contributed by atoms with Crippen LogP contribution in [0.1, 0.15) is 24.0 Å². The van der Waals surface area contributed by atoms with Crippen LogP contribution < -0.4 is 0 Å². The molecule has 0 saturated heterocycles. The summed E-state index contributed by atoms with van der Waals surface area (Å²) in [7, 11) is 0. The van der Waals surface area contributed by atoms with Crippen molar-refractivity contribution in [2.75, 3.05) is 6.54 Å². The van der Waals surface area contributed by atoms with Crippen molar-refractivity contribution in [2.24, 2.45) is 4.99 Å². The molecule has 0 radical (unpaired) electrons. The Bertz CT molecular complexity index is 511. The normalized spacial score (nSPS) is 19.1. The largest absolute Gasteiger partial charge is 0.293 e. The number of allylic oxidation sites excluding steroid dienone is 1. The van der Waals surface area contributed by atoms with Crippen molar-refractivity contribution < 1.29 is 4.79 Å². The Morgan fingerprint density at radius 2 is 2.00 bits per heavy atom. The molecular formula is C14H13NO. The number of rotatable bonds is 0. The van der Waals surface area contributed by atoms with Gasteiger partial charge in [0, 0.05) is 5.56 Å². The van der Waals surface area contributed by atoms with Crippen LogP contribution in [-0.4, -0.2) is 18.0 Å². The van der Waals surface area contributed by atoms with E-state index in [4.69, 9.17) is 0 Å². The van der Waals surface area contributed by atoms with Gasteiger partial charge in [-0.25, -0.2) is 0 Å². The van der Waals surface area contributed by atoms with E-state index in [0.29, 0.717) is 6.54 Å². The Hall–Kier alpha value is -1.70. The summed E-state index contributed by atoms with van der Waals surface area (Å²) >= 11 is 0. The Morgan fingerprint density at radius 3 is 2.94 bits per heavy atom. The summed E-state index contributed by atoms with van der Waals surface area (Å²) in [6, 6.07) is 8.39. The summed E-state index contributed by atoms with van der Waals surface area (Å²) in [5.41, 5.74) is 4.76. The molecule has 0 amide bonds. The number of hydrogen-bond donors (Lipinski definition) is 0. The third kappa shape index (κ3) is 1.51. The Morgan fingerprint density at radius 1 is 1.12 bits per heavy atom. The van der Waals surface area contributed by atoms with E-state index in [1.165, 1.54) is 11.1 Å². The van der Waals surface area contributed by atoms with Crippen LogP contribution in [0.3, 0.4) is 0 Å². The lowest BCUT2D eigenvalue weighted by Gasteiger charge is -2.13. The Balaban J connectivity index is 2.16. The smallest absolute Gasteiger partial charge is 0.177 e. The zero-order valence-electron chi connectivity index (χ0n) is 9.07. The molecule has 0 atom stereocenters. The monoisotopic (exact) mass is 211 g/mol. The van der Waals surface area contributed by atoms with Crippen LogP contribution in [0.15, 0.2) is 40.9 Å². The number of benzene rings is 1. The fourth-order valence-corrected chi connectivity index (χ4v) is 2.45. The van der Waals surface area contributed by atoms with Gasteiger partial charge in [-0.2, -0.15) is 0 Å². The summed E-state index contributed by atoms with van der Waals surface area (Å²) in [4.78, 5) is 15.8. The van der Waals surface area contributed by atoms with Crippen molar-refractivity contribution in [1.29, 1.82) is 0 Å². The maximum absolute atomic E-state index is 11.4. The van der Waals surface area contributed by atoms with Crippen molar-refractivity contribution in [3.05, 3.63) is 47.0 Å². The molecule has 1 aliphatic carbocycles. The van der Waals surface area contributed by atoms with Crippen LogP contribution in [0.4, 0.5) is 0 Å². The highest BCUT2D eigenvalue weighted by Crippen LogP contribution is 2.26. The van der Waals surface area contributed by atoms with Crippen molar-refractivity contribution in [2.45, 2.75) is 19.3 Å². The molecular weight excluding hydrogens is 198 g/mol. The number of dihydropyridines is 1. The average molecular weight is 211 g/mol. The quantitative estimate of drug-likeness (QED) is 0.647. The molecule has 2 nitrogen and oxygen atoms in total. The number of aryl methyl sites for hydroxylation is 1. The van der Waals surface area contributed by atoms with Gasteiger partial charge in [0.05, 0.1) is 5.71 Å². The van der Waals surface area contributed by atoms with Gasteiger partial charge in [-0.15, -0.1) is 0 Å². The van der Waals surface area contributed by atoms with Crippen LogP contribution in [0.2, 0.25) is 0 Å². The van der Waals surface area contributed by atoms with Gasteiger partial charge >= 0.3 is 0 Å². The summed E-state index contributed by atoms with van der Waals surface area (Å²) in [5.74, 6) is 0.137. The fourth-order valence-electron chi connectivity index (χ4n) is 2.45. The average Bonchev–Trinajstić information content (AvgIpc) is 2.47. The van der Waals surface area contributed by atoms with E-state index in [9.17, 15) is 4.79 Å². The summed E-state index contributed by atoms with van der Waals surface area (Å²) in [6.45, 7) is 0.313. The minimum Gasteiger partial charge on any atom is -0.293 e. The summed E-state index contributed by atoms with van der Waals surface area (Å²) in [6.07, 6.45) is 4.94. The standard InChI is InChI=1S/C14H13NO/c16-12-8-11-6-3-5-10-4-1-2-7-13(10)14(11)15-9-12/h1-2,4,7-8H,3,5-6,9H2. The molecule has 0 bridgehead atoms. The van der Waals surface area contributed by atoms with Crippen LogP contribution in [-0.2, 0) is 11.2 Å². The van der Waals surface area contributed by atoms with Crippen LogP contribution in [0.5, 0.6) is 0 Å². The minimum absolute atomic E-state index is 0.137. The van der Waals surface area contributed by atoms with Crippen molar-refractivity contribution >= 4 is 11.5 Å². The zero-order valence-corrected chi connectivity index (χ0v) is 9.07. The molecule has 1 aliphatic heterocycles. The maximum atomic E-state index is 11.4. The van der Waals surface area contributed by atoms with E-state index < -0.39 is 0 Å². The first-order valence-corrected chi connectivity index (χ1v) is 5.71. The lowest BCUT2D eigenvalue weighted by molar-refractivity contribution is -0.113. The van der Waals surface area contributed by atoms with Crippen molar-refractivity contribution in [3.63, 3.8) is 0 Å². The first-order chi connectivity index (χ1) is 7.84. The molecule has 1 aromatic carbocycles. The third-order valence-electron chi connectivity index (χ3n) is 3.20. The highest BCUT2D eigenvalue weighted by atomic mass is 16.1. The minimum atomic E-state index is 0.137. The molecule has 2 aliphatic rings. The van der Waals surface area contributed by atoms with Crippen LogP contribution in [0.25, 0.3) is 0 Å². The predicted octanol–water partition coefficient (Wildman–Crippen LogP) is 2.32. The lowest BCUT2D eigenvalue weighted by atomic mass is 9.96. The number of fused-ring (bicyclic) bond motifs is 3. The summed E-state index contributed by atoms with van der Waals surface area (Å²) < 4.78 is 0. The van der Waals surface area contributed by atoms with E-state index >= 15 is 0 Å². The number of aliphatic imine (C=N–C) groups is 1. The highest BCUT2D eigenvalue weighted by Gasteiger charge is 2.21. The van der Waals surface area contributed by atoms with E-state index in [1.54, 1.807) is 6.08 Å². The Kier molecular flexibility index (Phi) is 2.21. The number of nitrogens with zero attached hydrogens (tertiary/aromatic N) is 1. The number of carbonyl (C=O) groups is 1. The SMILES string of the molecule is O=C1C=C2CCCc3ccccc3C2=NC1. The second-order valence-electron chi connectivity index (χ2n) is 4.31. The number of hydrogen-bond acceptors (Lipinski definition) is 2. The van der Waals surface area contributed by atoms with Gasteiger partial charge in [0.1, 0.15) is 6.54 Å². The first kappa shape index (κ1) is 9.52.